The molecule has 0 aliphatic heterocycles. The van der Waals surface area contributed by atoms with E-state index in [2.05, 4.69) is 4.74 Å². The Morgan fingerprint density at radius 3 is 2.60 bits per heavy atom. The van der Waals surface area contributed by atoms with Gasteiger partial charge >= 0.3 is 5.97 Å². The SMILES string of the molecule is CCOC(=O)C(N)C(=O)N(C)Cc1ccc(F)cc1F. The molecule has 0 radical (unpaired) electrons. The molecular formula is C13H16F2N2O3. The summed E-state index contributed by atoms with van der Waals surface area (Å²) in [5.41, 5.74) is 5.57. The van der Waals surface area contributed by atoms with Crippen molar-refractivity contribution < 1.29 is 23.1 Å². The summed E-state index contributed by atoms with van der Waals surface area (Å²) in [6.07, 6.45) is 0. The van der Waals surface area contributed by atoms with Gasteiger partial charge in [0.15, 0.2) is 6.04 Å². The van der Waals surface area contributed by atoms with E-state index in [-0.39, 0.29) is 18.7 Å². The van der Waals surface area contributed by atoms with Crippen molar-refractivity contribution >= 4 is 11.9 Å². The van der Waals surface area contributed by atoms with E-state index in [0.29, 0.717) is 0 Å². The summed E-state index contributed by atoms with van der Waals surface area (Å²) >= 11 is 0. The molecule has 0 spiro atoms. The average Bonchev–Trinajstić information content (AvgIpc) is 2.40. The van der Waals surface area contributed by atoms with E-state index < -0.39 is 29.6 Å². The van der Waals surface area contributed by atoms with Crippen LogP contribution in [-0.4, -0.2) is 36.5 Å². The predicted molar refractivity (Wildman–Crippen MR) is 67.4 cm³/mol. The van der Waals surface area contributed by atoms with Crippen LogP contribution in [0, 0.1) is 11.6 Å². The van der Waals surface area contributed by atoms with Crippen LogP contribution in [0.2, 0.25) is 0 Å². The van der Waals surface area contributed by atoms with Crippen molar-refractivity contribution in [1.29, 1.82) is 0 Å². The van der Waals surface area contributed by atoms with Gasteiger partial charge in [-0.1, -0.05) is 6.07 Å². The van der Waals surface area contributed by atoms with Crippen molar-refractivity contribution in [1.82, 2.24) is 4.90 Å². The van der Waals surface area contributed by atoms with E-state index in [4.69, 9.17) is 5.73 Å². The van der Waals surface area contributed by atoms with Crippen LogP contribution in [0.3, 0.4) is 0 Å². The fourth-order valence-electron chi connectivity index (χ4n) is 1.55. The molecule has 5 nitrogen and oxygen atoms in total. The number of hydrogen-bond donors (Lipinski definition) is 1. The summed E-state index contributed by atoms with van der Waals surface area (Å²) in [5.74, 6) is -3.02. The summed E-state index contributed by atoms with van der Waals surface area (Å²) < 4.78 is 30.8. The van der Waals surface area contributed by atoms with Crippen LogP contribution < -0.4 is 5.73 Å². The topological polar surface area (TPSA) is 72.6 Å². The Bertz CT molecular complexity index is 508. The standard InChI is InChI=1S/C13H16F2N2O3/c1-3-20-13(19)11(16)12(18)17(2)7-8-4-5-9(14)6-10(8)15/h4-6,11H,3,7,16H2,1-2H3. The third-order valence-electron chi connectivity index (χ3n) is 2.61. The molecule has 110 valence electrons. The number of nitrogens with two attached hydrogens (primary N) is 1. The summed E-state index contributed by atoms with van der Waals surface area (Å²) in [4.78, 5) is 24.3. The van der Waals surface area contributed by atoms with Gasteiger partial charge in [0.2, 0.25) is 0 Å². The van der Waals surface area contributed by atoms with Crippen LogP contribution in [0.25, 0.3) is 0 Å². The van der Waals surface area contributed by atoms with Crippen molar-refractivity contribution in [3.63, 3.8) is 0 Å². The van der Waals surface area contributed by atoms with Crippen molar-refractivity contribution in [3.8, 4) is 0 Å². The van der Waals surface area contributed by atoms with E-state index in [1.54, 1.807) is 6.92 Å². The number of halogens is 2. The molecule has 1 aromatic rings. The van der Waals surface area contributed by atoms with Gasteiger partial charge in [0.1, 0.15) is 11.6 Å². The molecular weight excluding hydrogens is 270 g/mol. The first kappa shape index (κ1) is 16.0. The van der Waals surface area contributed by atoms with Crippen LogP contribution in [0.4, 0.5) is 8.78 Å². The van der Waals surface area contributed by atoms with Crippen LogP contribution in [-0.2, 0) is 20.9 Å². The molecule has 1 atom stereocenters. The number of carbonyl (C=O) groups excluding carboxylic acids is 2. The van der Waals surface area contributed by atoms with E-state index in [0.717, 1.165) is 17.0 Å². The van der Waals surface area contributed by atoms with E-state index in [9.17, 15) is 18.4 Å². The molecule has 0 saturated heterocycles. The Labute approximate surface area is 115 Å². The first-order valence-corrected chi connectivity index (χ1v) is 5.98. The third-order valence-corrected chi connectivity index (χ3v) is 2.61. The summed E-state index contributed by atoms with van der Waals surface area (Å²) in [6.45, 7) is 1.57. The highest BCUT2D eigenvalue weighted by Crippen LogP contribution is 2.12. The Morgan fingerprint density at radius 1 is 1.40 bits per heavy atom. The lowest BCUT2D eigenvalue weighted by molar-refractivity contribution is -0.150. The monoisotopic (exact) mass is 286 g/mol. The number of likely N-dealkylation sites (N-methyl/N-ethyl adjacent to an activating group) is 1. The van der Waals surface area contributed by atoms with Gasteiger partial charge in [0.05, 0.1) is 6.61 Å². The van der Waals surface area contributed by atoms with E-state index >= 15 is 0 Å². The van der Waals surface area contributed by atoms with Gasteiger partial charge in [0, 0.05) is 25.2 Å². The van der Waals surface area contributed by atoms with Crippen LogP contribution in [0.1, 0.15) is 12.5 Å². The average molecular weight is 286 g/mol. The van der Waals surface area contributed by atoms with Crippen molar-refractivity contribution in [2.24, 2.45) is 5.73 Å². The highest BCUT2D eigenvalue weighted by Gasteiger charge is 2.26. The molecule has 1 aromatic carbocycles. The molecule has 0 aliphatic rings. The summed E-state index contributed by atoms with van der Waals surface area (Å²) in [5, 5.41) is 0. The number of nitrogens with zero attached hydrogens (tertiary/aromatic N) is 1. The van der Waals surface area contributed by atoms with Gasteiger partial charge in [0.25, 0.3) is 5.91 Å². The Balaban J connectivity index is 2.72. The molecule has 20 heavy (non-hydrogen) atoms. The zero-order chi connectivity index (χ0) is 15.3. The molecule has 0 saturated carbocycles. The highest BCUT2D eigenvalue weighted by atomic mass is 19.1. The maximum atomic E-state index is 13.5. The molecule has 0 bridgehead atoms. The molecule has 0 aliphatic carbocycles. The minimum absolute atomic E-state index is 0.107. The van der Waals surface area contributed by atoms with Gasteiger partial charge < -0.3 is 15.4 Å². The zero-order valence-electron chi connectivity index (χ0n) is 11.2. The lowest BCUT2D eigenvalue weighted by Gasteiger charge is -2.20. The number of hydrogen-bond acceptors (Lipinski definition) is 4. The van der Waals surface area contributed by atoms with E-state index in [1.807, 2.05) is 0 Å². The fraction of sp³-hybridized carbons (Fsp3) is 0.385. The van der Waals surface area contributed by atoms with Gasteiger partial charge in [-0.2, -0.15) is 0 Å². The van der Waals surface area contributed by atoms with Crippen molar-refractivity contribution in [3.05, 3.63) is 35.4 Å². The molecule has 0 fully saturated rings. The first-order valence-electron chi connectivity index (χ1n) is 5.98. The second-order valence-corrected chi connectivity index (χ2v) is 4.16. The third kappa shape index (κ3) is 3.99. The van der Waals surface area contributed by atoms with Gasteiger partial charge in [-0.15, -0.1) is 0 Å². The molecule has 1 amide bonds. The minimum Gasteiger partial charge on any atom is -0.464 e. The zero-order valence-corrected chi connectivity index (χ0v) is 11.2. The first-order chi connectivity index (χ1) is 9.36. The maximum absolute atomic E-state index is 13.5. The molecule has 7 heteroatoms. The maximum Gasteiger partial charge on any atom is 0.332 e. The Kier molecular flexibility index (Phi) is 5.57. The predicted octanol–water partition coefficient (Wildman–Crippen LogP) is 0.814. The number of amides is 1. The smallest absolute Gasteiger partial charge is 0.332 e. The minimum atomic E-state index is -1.46. The molecule has 1 rings (SSSR count). The van der Waals surface area contributed by atoms with Crippen molar-refractivity contribution in [2.45, 2.75) is 19.5 Å². The molecule has 1 unspecified atom stereocenters. The Hall–Kier alpha value is -2.02. The summed E-state index contributed by atoms with van der Waals surface area (Å²) in [7, 11) is 1.37. The van der Waals surface area contributed by atoms with Gasteiger partial charge in [-0.05, 0) is 13.0 Å². The van der Waals surface area contributed by atoms with Gasteiger partial charge in [-0.25, -0.2) is 13.6 Å². The number of rotatable bonds is 5. The molecule has 0 aromatic heterocycles. The van der Waals surface area contributed by atoms with Crippen molar-refractivity contribution in [2.75, 3.05) is 13.7 Å². The second-order valence-electron chi connectivity index (χ2n) is 4.16. The largest absolute Gasteiger partial charge is 0.464 e. The number of carbonyl (C=O) groups is 2. The van der Waals surface area contributed by atoms with E-state index in [1.165, 1.54) is 13.1 Å². The highest BCUT2D eigenvalue weighted by molar-refractivity contribution is 6.01. The lowest BCUT2D eigenvalue weighted by atomic mass is 10.2. The quantitative estimate of drug-likeness (QED) is 0.642. The summed E-state index contributed by atoms with van der Waals surface area (Å²) in [6, 6.07) is 1.58. The number of benzene rings is 1. The number of esters is 1. The second kappa shape index (κ2) is 6.95. The molecule has 2 N–H and O–H groups in total. The Morgan fingerprint density at radius 2 is 2.05 bits per heavy atom. The molecule has 0 heterocycles. The fourth-order valence-corrected chi connectivity index (χ4v) is 1.55. The van der Waals surface area contributed by atoms with Crippen LogP contribution >= 0.6 is 0 Å². The lowest BCUT2D eigenvalue weighted by Crippen LogP contribution is -2.47. The number of ether oxygens (including phenoxy) is 1. The normalized spacial score (nSPS) is 11.8. The van der Waals surface area contributed by atoms with Crippen LogP contribution in [0.5, 0.6) is 0 Å². The van der Waals surface area contributed by atoms with Crippen LogP contribution in [0.15, 0.2) is 18.2 Å². The van der Waals surface area contributed by atoms with Gasteiger partial charge in [-0.3, -0.25) is 4.79 Å².